The van der Waals surface area contributed by atoms with Gasteiger partial charge >= 0.3 is 0 Å². The van der Waals surface area contributed by atoms with Crippen LogP contribution in [-0.2, 0) is 16.1 Å². The van der Waals surface area contributed by atoms with Gasteiger partial charge in [0.2, 0.25) is 0 Å². The van der Waals surface area contributed by atoms with Crippen LogP contribution in [0.1, 0.15) is 116 Å². The summed E-state index contributed by atoms with van der Waals surface area (Å²) in [6.45, 7) is 7.32. The maximum Gasteiger partial charge on any atom is 0.109 e. The van der Waals surface area contributed by atoms with Gasteiger partial charge < -0.3 is 14.6 Å². The highest BCUT2D eigenvalue weighted by Crippen LogP contribution is 2.15. The number of ether oxygens (including phenoxy) is 2. The molecule has 31 heavy (non-hydrogen) atoms. The van der Waals surface area contributed by atoms with E-state index in [0.717, 1.165) is 18.6 Å². The fourth-order valence-corrected chi connectivity index (χ4v) is 4.09. The number of benzene rings is 1. The standard InChI is InChI=1S/C28H50O3/c1-4-5-6-7-8-9-10-11-12-13-14-15-16-20-23-30-26(3)28(25(2)29)31-24-27-21-18-17-19-22-27/h17-19,21-22,25-26,28-29H,4-16,20,23-24H2,1-3H3. The Morgan fingerprint density at radius 3 is 1.65 bits per heavy atom. The van der Waals surface area contributed by atoms with E-state index in [1.165, 1.54) is 83.5 Å². The highest BCUT2D eigenvalue weighted by molar-refractivity contribution is 5.13. The molecule has 1 aromatic rings. The van der Waals surface area contributed by atoms with Crippen LogP contribution in [0, 0.1) is 0 Å². The molecular weight excluding hydrogens is 384 g/mol. The van der Waals surface area contributed by atoms with Crippen molar-refractivity contribution >= 4 is 0 Å². The molecule has 0 radical (unpaired) electrons. The van der Waals surface area contributed by atoms with E-state index in [9.17, 15) is 5.11 Å². The van der Waals surface area contributed by atoms with Gasteiger partial charge in [0.25, 0.3) is 0 Å². The van der Waals surface area contributed by atoms with Gasteiger partial charge in [-0.2, -0.15) is 0 Å². The van der Waals surface area contributed by atoms with Crippen molar-refractivity contribution in [2.45, 2.75) is 136 Å². The predicted molar refractivity (Wildman–Crippen MR) is 132 cm³/mol. The van der Waals surface area contributed by atoms with Crippen molar-refractivity contribution in [3.05, 3.63) is 35.9 Å². The highest BCUT2D eigenvalue weighted by atomic mass is 16.5. The topological polar surface area (TPSA) is 38.7 Å². The van der Waals surface area contributed by atoms with Crippen LogP contribution >= 0.6 is 0 Å². The summed E-state index contributed by atoms with van der Waals surface area (Å²) in [7, 11) is 0. The third kappa shape index (κ3) is 15.5. The SMILES string of the molecule is CCCCCCCCCCCCCCCCOC(C)C(OCc1ccccc1)C(C)O. The molecule has 1 aromatic carbocycles. The predicted octanol–water partition coefficient (Wildman–Crippen LogP) is 7.84. The molecule has 0 aliphatic carbocycles. The average molecular weight is 435 g/mol. The normalized spacial score (nSPS) is 14.5. The van der Waals surface area contributed by atoms with Crippen molar-refractivity contribution in [1.29, 1.82) is 0 Å². The van der Waals surface area contributed by atoms with Gasteiger partial charge in [-0.05, 0) is 25.8 Å². The molecule has 1 N–H and O–H groups in total. The van der Waals surface area contributed by atoms with Crippen LogP contribution in [0.15, 0.2) is 30.3 Å². The Kier molecular flexibility index (Phi) is 17.9. The minimum absolute atomic E-state index is 0.106. The summed E-state index contributed by atoms with van der Waals surface area (Å²) in [6.07, 6.45) is 18.1. The molecule has 3 nitrogen and oxygen atoms in total. The molecule has 1 rings (SSSR count). The monoisotopic (exact) mass is 434 g/mol. The first-order valence-electron chi connectivity index (χ1n) is 13.1. The van der Waals surface area contributed by atoms with Crippen LogP contribution in [0.4, 0.5) is 0 Å². The van der Waals surface area contributed by atoms with E-state index in [0.29, 0.717) is 6.61 Å². The van der Waals surface area contributed by atoms with E-state index in [2.05, 4.69) is 6.92 Å². The summed E-state index contributed by atoms with van der Waals surface area (Å²) in [5.74, 6) is 0. The lowest BCUT2D eigenvalue weighted by molar-refractivity contribution is -0.117. The van der Waals surface area contributed by atoms with Crippen molar-refractivity contribution in [2.24, 2.45) is 0 Å². The second-order valence-corrected chi connectivity index (χ2v) is 9.17. The molecule has 0 aliphatic heterocycles. The summed E-state index contributed by atoms with van der Waals surface area (Å²) in [5.41, 5.74) is 1.12. The molecular formula is C28H50O3. The van der Waals surface area contributed by atoms with E-state index in [1.54, 1.807) is 6.92 Å². The number of rotatable bonds is 21. The Morgan fingerprint density at radius 1 is 0.677 bits per heavy atom. The van der Waals surface area contributed by atoms with E-state index in [4.69, 9.17) is 9.47 Å². The fraction of sp³-hybridized carbons (Fsp3) is 0.786. The number of unbranched alkanes of at least 4 members (excludes halogenated alkanes) is 13. The Labute approximate surface area is 192 Å². The van der Waals surface area contributed by atoms with Gasteiger partial charge in [-0.3, -0.25) is 0 Å². The zero-order chi connectivity index (χ0) is 22.6. The fourth-order valence-electron chi connectivity index (χ4n) is 4.09. The average Bonchev–Trinajstić information content (AvgIpc) is 2.77. The zero-order valence-corrected chi connectivity index (χ0v) is 20.7. The molecule has 0 fully saturated rings. The molecule has 3 atom stereocenters. The van der Waals surface area contributed by atoms with E-state index < -0.39 is 6.10 Å². The van der Waals surface area contributed by atoms with Gasteiger partial charge in [0.15, 0.2) is 0 Å². The van der Waals surface area contributed by atoms with Gasteiger partial charge in [0.1, 0.15) is 6.10 Å². The van der Waals surface area contributed by atoms with Crippen LogP contribution in [-0.4, -0.2) is 30.0 Å². The van der Waals surface area contributed by atoms with E-state index in [-0.39, 0.29) is 12.2 Å². The van der Waals surface area contributed by atoms with Crippen LogP contribution in [0.3, 0.4) is 0 Å². The van der Waals surface area contributed by atoms with Gasteiger partial charge in [-0.25, -0.2) is 0 Å². The third-order valence-electron chi connectivity index (χ3n) is 6.10. The summed E-state index contributed by atoms with van der Waals surface area (Å²) in [6, 6.07) is 10.1. The molecule has 0 aliphatic rings. The molecule has 0 saturated heterocycles. The quantitative estimate of drug-likeness (QED) is 0.200. The second-order valence-electron chi connectivity index (χ2n) is 9.17. The minimum Gasteiger partial charge on any atom is -0.391 e. The largest absolute Gasteiger partial charge is 0.391 e. The number of aliphatic hydroxyl groups excluding tert-OH is 1. The molecule has 3 heteroatoms. The zero-order valence-electron chi connectivity index (χ0n) is 20.7. The van der Waals surface area contributed by atoms with Crippen LogP contribution in [0.25, 0.3) is 0 Å². The molecule has 0 saturated carbocycles. The van der Waals surface area contributed by atoms with Crippen LogP contribution < -0.4 is 0 Å². The van der Waals surface area contributed by atoms with E-state index in [1.807, 2.05) is 37.3 Å². The molecule has 0 amide bonds. The minimum atomic E-state index is -0.546. The Hall–Kier alpha value is -0.900. The number of aliphatic hydroxyl groups is 1. The lowest BCUT2D eigenvalue weighted by Crippen LogP contribution is -2.38. The summed E-state index contributed by atoms with van der Waals surface area (Å²) >= 11 is 0. The summed E-state index contributed by atoms with van der Waals surface area (Å²) < 4.78 is 11.9. The van der Waals surface area contributed by atoms with Crippen molar-refractivity contribution in [1.82, 2.24) is 0 Å². The van der Waals surface area contributed by atoms with Crippen molar-refractivity contribution in [2.75, 3.05) is 6.61 Å². The van der Waals surface area contributed by atoms with Crippen LogP contribution in [0.5, 0.6) is 0 Å². The van der Waals surface area contributed by atoms with Gasteiger partial charge in [0.05, 0.1) is 18.8 Å². The van der Waals surface area contributed by atoms with Crippen molar-refractivity contribution in [3.63, 3.8) is 0 Å². The molecule has 0 spiro atoms. The summed E-state index contributed by atoms with van der Waals surface area (Å²) in [4.78, 5) is 0. The Morgan fingerprint density at radius 2 is 1.16 bits per heavy atom. The summed E-state index contributed by atoms with van der Waals surface area (Å²) in [5, 5.41) is 10.1. The lowest BCUT2D eigenvalue weighted by Gasteiger charge is -2.27. The Bertz CT molecular complexity index is 488. The third-order valence-corrected chi connectivity index (χ3v) is 6.10. The van der Waals surface area contributed by atoms with Gasteiger partial charge in [-0.15, -0.1) is 0 Å². The second kappa shape index (κ2) is 19.8. The first-order chi connectivity index (χ1) is 15.1. The van der Waals surface area contributed by atoms with Crippen LogP contribution in [0.2, 0.25) is 0 Å². The first-order valence-corrected chi connectivity index (χ1v) is 13.1. The molecule has 0 bridgehead atoms. The van der Waals surface area contributed by atoms with Gasteiger partial charge in [0, 0.05) is 6.61 Å². The molecule has 0 heterocycles. The first kappa shape index (κ1) is 28.1. The molecule has 0 aromatic heterocycles. The van der Waals surface area contributed by atoms with Gasteiger partial charge in [-0.1, -0.05) is 121 Å². The highest BCUT2D eigenvalue weighted by Gasteiger charge is 2.23. The maximum absolute atomic E-state index is 10.1. The number of hydrogen-bond donors (Lipinski definition) is 1. The number of hydrogen-bond acceptors (Lipinski definition) is 3. The maximum atomic E-state index is 10.1. The van der Waals surface area contributed by atoms with E-state index >= 15 is 0 Å². The molecule has 180 valence electrons. The van der Waals surface area contributed by atoms with Crippen molar-refractivity contribution in [3.8, 4) is 0 Å². The Balaban J connectivity index is 1.96. The lowest BCUT2D eigenvalue weighted by atomic mass is 10.0. The van der Waals surface area contributed by atoms with Crippen molar-refractivity contribution < 1.29 is 14.6 Å². The smallest absolute Gasteiger partial charge is 0.109 e. The molecule has 3 unspecified atom stereocenters.